The van der Waals surface area contributed by atoms with Crippen LogP contribution in [0.1, 0.15) is 0 Å². The topological polar surface area (TPSA) is 88.1 Å². The van der Waals surface area contributed by atoms with Gasteiger partial charge in [0.25, 0.3) is 0 Å². The third kappa shape index (κ3) is 4.95. The Hall–Kier alpha value is -0.480. The SMILES string of the molecule is O=C(OCCO)C(F)(F)SOO[O-]. The molecular formula is C4H5F2O6S-. The molecule has 0 aromatic carbocycles. The number of ether oxygens (including phenoxy) is 1. The summed E-state index contributed by atoms with van der Waals surface area (Å²) in [6.07, 6.45) is 0. The van der Waals surface area contributed by atoms with Gasteiger partial charge in [0.15, 0.2) is 0 Å². The molecule has 1 N–H and O–H groups in total. The quantitative estimate of drug-likeness (QED) is 0.265. The van der Waals surface area contributed by atoms with Crippen molar-refractivity contribution in [2.24, 2.45) is 0 Å². The van der Waals surface area contributed by atoms with Gasteiger partial charge in [-0.25, -0.2) is 4.79 Å². The number of rotatable bonds is 6. The van der Waals surface area contributed by atoms with E-state index in [0.29, 0.717) is 0 Å². The molecule has 0 saturated heterocycles. The van der Waals surface area contributed by atoms with Gasteiger partial charge in [0.1, 0.15) is 18.6 Å². The van der Waals surface area contributed by atoms with Crippen molar-refractivity contribution >= 4 is 18.0 Å². The fraction of sp³-hybridized carbons (Fsp3) is 0.750. The van der Waals surface area contributed by atoms with Gasteiger partial charge in [-0.2, -0.15) is 13.1 Å². The van der Waals surface area contributed by atoms with Crippen LogP contribution in [0.5, 0.6) is 0 Å². The molecule has 0 bridgehead atoms. The first-order valence-electron chi connectivity index (χ1n) is 2.85. The first kappa shape index (κ1) is 12.5. The molecule has 0 aliphatic rings. The maximum absolute atomic E-state index is 12.4. The summed E-state index contributed by atoms with van der Waals surface area (Å²) in [6.45, 7) is -1.14. The van der Waals surface area contributed by atoms with Crippen LogP contribution < -0.4 is 5.26 Å². The molecule has 0 amide bonds. The fourth-order valence-corrected chi connectivity index (χ4v) is 0.553. The number of esters is 1. The van der Waals surface area contributed by atoms with Crippen molar-refractivity contribution in [3.63, 3.8) is 0 Å². The van der Waals surface area contributed by atoms with Crippen molar-refractivity contribution in [3.8, 4) is 0 Å². The summed E-state index contributed by atoms with van der Waals surface area (Å²) in [5.41, 5.74) is 0. The fourth-order valence-electron chi connectivity index (χ4n) is 0.313. The van der Waals surface area contributed by atoms with E-state index < -0.39 is 36.5 Å². The Morgan fingerprint density at radius 1 is 1.62 bits per heavy atom. The van der Waals surface area contributed by atoms with Crippen LogP contribution in [-0.2, 0) is 18.9 Å². The van der Waals surface area contributed by atoms with Crippen LogP contribution in [-0.4, -0.2) is 29.5 Å². The average molecular weight is 219 g/mol. The van der Waals surface area contributed by atoms with Crippen molar-refractivity contribution < 1.29 is 38.0 Å². The number of aliphatic hydroxyl groups excluding tert-OH is 1. The maximum Gasteiger partial charge on any atom is 0.415 e. The van der Waals surface area contributed by atoms with Crippen LogP contribution in [0.3, 0.4) is 0 Å². The van der Waals surface area contributed by atoms with E-state index in [2.05, 4.69) is 14.1 Å². The molecular weight excluding hydrogens is 214 g/mol. The van der Waals surface area contributed by atoms with Crippen LogP contribution in [0.25, 0.3) is 0 Å². The first-order chi connectivity index (χ1) is 6.04. The number of alkyl halides is 2. The average Bonchev–Trinajstić information content (AvgIpc) is 2.10. The van der Waals surface area contributed by atoms with E-state index in [0.717, 1.165) is 0 Å². The molecule has 0 aliphatic heterocycles. The van der Waals surface area contributed by atoms with Crippen molar-refractivity contribution in [1.82, 2.24) is 0 Å². The number of halogens is 2. The van der Waals surface area contributed by atoms with Crippen LogP contribution in [0, 0.1) is 0 Å². The molecule has 9 heteroatoms. The van der Waals surface area contributed by atoms with Crippen molar-refractivity contribution in [3.05, 3.63) is 0 Å². The van der Waals surface area contributed by atoms with Crippen LogP contribution in [0.15, 0.2) is 0 Å². The van der Waals surface area contributed by atoms with Gasteiger partial charge >= 0.3 is 11.2 Å². The summed E-state index contributed by atoms with van der Waals surface area (Å²) in [7, 11) is 0. The molecule has 0 spiro atoms. The Morgan fingerprint density at radius 2 is 2.23 bits per heavy atom. The van der Waals surface area contributed by atoms with Crippen molar-refractivity contribution in [2.45, 2.75) is 5.25 Å². The van der Waals surface area contributed by atoms with Crippen LogP contribution in [0.2, 0.25) is 0 Å². The minimum absolute atomic E-state index is 0.562. The smallest absolute Gasteiger partial charge is 0.415 e. The Bertz CT molecular complexity index is 165. The Kier molecular flexibility index (Phi) is 5.82. The van der Waals surface area contributed by atoms with Crippen LogP contribution in [0.4, 0.5) is 8.78 Å². The van der Waals surface area contributed by atoms with E-state index in [9.17, 15) is 13.6 Å². The van der Waals surface area contributed by atoms with Crippen LogP contribution >= 0.6 is 12.0 Å². The largest absolute Gasteiger partial charge is 0.691 e. The van der Waals surface area contributed by atoms with Gasteiger partial charge in [-0.05, 0) is 0 Å². The highest BCUT2D eigenvalue weighted by Crippen LogP contribution is 2.30. The number of hydrogen-bond donors (Lipinski definition) is 1. The van der Waals surface area contributed by atoms with Gasteiger partial charge in [0.05, 0.1) is 6.61 Å². The normalized spacial score (nSPS) is 11.4. The molecule has 6 nitrogen and oxygen atoms in total. The molecule has 0 rings (SSSR count). The molecule has 0 radical (unpaired) electrons. The highest BCUT2D eigenvalue weighted by molar-refractivity contribution is 7.96. The van der Waals surface area contributed by atoms with Gasteiger partial charge in [-0.3, -0.25) is 5.04 Å². The highest BCUT2D eigenvalue weighted by atomic mass is 32.2. The third-order valence-electron chi connectivity index (χ3n) is 0.729. The maximum atomic E-state index is 12.4. The Morgan fingerprint density at radius 3 is 2.69 bits per heavy atom. The molecule has 0 aliphatic carbocycles. The van der Waals surface area contributed by atoms with E-state index >= 15 is 0 Å². The number of hydrogen-bond acceptors (Lipinski definition) is 7. The number of aliphatic hydroxyl groups is 1. The predicted molar refractivity (Wildman–Crippen MR) is 32.8 cm³/mol. The first-order valence-corrected chi connectivity index (χ1v) is 3.59. The second-order valence-corrected chi connectivity index (χ2v) is 2.41. The molecule has 13 heavy (non-hydrogen) atoms. The van der Waals surface area contributed by atoms with Crippen molar-refractivity contribution in [2.75, 3.05) is 13.2 Å². The standard InChI is InChI=1S/C4H6F2O6S/c5-4(6,13-12-11-9)3(8)10-2-1-7/h7,9H,1-2H2/p-1. The molecule has 0 heterocycles. The molecule has 0 atom stereocenters. The van der Waals surface area contributed by atoms with E-state index in [1.807, 2.05) is 0 Å². The minimum Gasteiger partial charge on any atom is -0.691 e. The summed E-state index contributed by atoms with van der Waals surface area (Å²) in [5.74, 6) is -1.93. The monoisotopic (exact) mass is 219 g/mol. The molecule has 78 valence electrons. The van der Waals surface area contributed by atoms with Gasteiger partial charge in [-0.1, -0.05) is 0 Å². The molecule has 0 aromatic rings. The minimum atomic E-state index is -4.04. The summed E-state index contributed by atoms with van der Waals surface area (Å²) in [5, 5.41) is 15.8. The summed E-state index contributed by atoms with van der Waals surface area (Å²) in [4.78, 5) is 10.4. The van der Waals surface area contributed by atoms with Gasteiger partial charge in [-0.15, -0.1) is 0 Å². The summed E-state index contributed by atoms with van der Waals surface area (Å²) in [6, 6.07) is 0. The lowest BCUT2D eigenvalue weighted by Gasteiger charge is -2.13. The Balaban J connectivity index is 3.87. The second-order valence-electron chi connectivity index (χ2n) is 1.60. The van der Waals surface area contributed by atoms with E-state index in [4.69, 9.17) is 10.4 Å². The van der Waals surface area contributed by atoms with Gasteiger partial charge in [0, 0.05) is 0 Å². The Labute approximate surface area is 75.4 Å². The van der Waals surface area contributed by atoms with E-state index in [1.165, 1.54) is 0 Å². The lowest BCUT2D eigenvalue weighted by Crippen LogP contribution is -2.28. The summed E-state index contributed by atoms with van der Waals surface area (Å²) < 4.78 is 31.9. The molecule has 0 unspecified atom stereocenters. The molecule has 0 fully saturated rings. The zero-order chi connectivity index (χ0) is 10.3. The number of carbonyl (C=O) groups excluding carboxylic acids is 1. The number of carbonyl (C=O) groups is 1. The zero-order valence-electron chi connectivity index (χ0n) is 6.07. The lowest BCUT2D eigenvalue weighted by atomic mass is 10.7. The van der Waals surface area contributed by atoms with Gasteiger partial charge < -0.3 is 15.1 Å². The molecule has 0 aromatic heterocycles. The third-order valence-corrected chi connectivity index (χ3v) is 1.23. The predicted octanol–water partition coefficient (Wildman–Crippen LogP) is -1.01. The highest BCUT2D eigenvalue weighted by Gasteiger charge is 2.43. The van der Waals surface area contributed by atoms with Crippen molar-refractivity contribution in [1.29, 1.82) is 0 Å². The second kappa shape index (κ2) is 6.05. The van der Waals surface area contributed by atoms with E-state index in [1.54, 1.807) is 0 Å². The summed E-state index contributed by atoms with van der Waals surface area (Å²) >= 11 is -0.787. The molecule has 0 saturated carbocycles. The zero-order valence-corrected chi connectivity index (χ0v) is 6.88. The lowest BCUT2D eigenvalue weighted by molar-refractivity contribution is -0.777. The van der Waals surface area contributed by atoms with E-state index in [-0.39, 0.29) is 0 Å². The van der Waals surface area contributed by atoms with Gasteiger partial charge in [0.2, 0.25) is 0 Å².